The Labute approximate surface area is 175 Å². The van der Waals surface area contributed by atoms with Crippen LogP contribution in [-0.4, -0.2) is 37.3 Å². The van der Waals surface area contributed by atoms with Gasteiger partial charge in [0, 0.05) is 12.6 Å². The molecule has 0 radical (unpaired) electrons. The summed E-state index contributed by atoms with van der Waals surface area (Å²) in [5.41, 5.74) is 3.06. The first-order chi connectivity index (χ1) is 14.4. The molecule has 1 aliphatic heterocycles. The van der Waals surface area contributed by atoms with E-state index in [1.165, 1.54) is 6.92 Å². The van der Waals surface area contributed by atoms with Gasteiger partial charge in [0.2, 0.25) is 5.91 Å². The molecule has 0 fully saturated rings. The zero-order chi connectivity index (χ0) is 21.5. The van der Waals surface area contributed by atoms with Crippen molar-refractivity contribution >= 4 is 23.2 Å². The van der Waals surface area contributed by atoms with E-state index >= 15 is 0 Å². The number of hydrogen-bond donors (Lipinski definition) is 2. The Hall–Kier alpha value is -3.55. The Morgan fingerprint density at radius 2 is 1.77 bits per heavy atom. The van der Waals surface area contributed by atoms with Crippen molar-refractivity contribution in [1.29, 1.82) is 0 Å². The molecule has 0 saturated carbocycles. The Morgan fingerprint density at radius 1 is 1.07 bits per heavy atom. The summed E-state index contributed by atoms with van der Waals surface area (Å²) in [6.45, 7) is 5.97. The van der Waals surface area contributed by atoms with Crippen LogP contribution >= 0.6 is 0 Å². The number of hydrogen-bond acceptors (Lipinski definition) is 6. The Morgan fingerprint density at radius 3 is 2.47 bits per heavy atom. The van der Waals surface area contributed by atoms with Gasteiger partial charge < -0.3 is 24.9 Å². The highest BCUT2D eigenvalue weighted by atomic mass is 16.6. The van der Waals surface area contributed by atoms with Crippen LogP contribution in [0, 0.1) is 0 Å². The molecular weight excluding hydrogens is 386 g/mol. The molecule has 8 heteroatoms. The Balaban J connectivity index is 1.49. The third-order valence-corrected chi connectivity index (χ3v) is 4.46. The smallest absolute Gasteiger partial charge is 0.261 e. The van der Waals surface area contributed by atoms with Gasteiger partial charge in [-0.25, -0.2) is 0 Å². The van der Waals surface area contributed by atoms with Crippen LogP contribution in [0.4, 0.5) is 5.69 Å². The van der Waals surface area contributed by atoms with E-state index in [9.17, 15) is 9.59 Å². The lowest BCUT2D eigenvalue weighted by molar-refractivity contribution is -0.126. The molecule has 158 valence electrons. The number of rotatable bonds is 7. The van der Waals surface area contributed by atoms with Gasteiger partial charge in [0.1, 0.15) is 13.2 Å². The second kappa shape index (κ2) is 9.78. The van der Waals surface area contributed by atoms with Crippen LogP contribution in [0.3, 0.4) is 0 Å². The molecule has 2 N–H and O–H groups in total. The maximum atomic E-state index is 12.2. The standard InChI is InChI=1S/C22H25N3O5/c1-14(18-6-9-20-21(12-18)29-11-10-28-20)23-22(27)13-30-25-15(2)17-4-7-19(8-5-17)24-16(3)26/h4-9,12,14H,10-11,13H2,1-3H3,(H,23,27)(H,24,26)/b25-15+. The van der Waals surface area contributed by atoms with E-state index in [-0.39, 0.29) is 24.5 Å². The summed E-state index contributed by atoms with van der Waals surface area (Å²) in [6, 6.07) is 12.6. The SMILES string of the molecule is CC(=O)Nc1ccc(/C(C)=N/OCC(=O)NC(C)c2ccc3c(c2)OCCO3)cc1. The van der Waals surface area contributed by atoms with Crippen LogP contribution in [0.5, 0.6) is 11.5 Å². The molecule has 1 atom stereocenters. The molecule has 2 amide bonds. The Kier molecular flexibility index (Phi) is 6.90. The molecule has 1 unspecified atom stereocenters. The molecule has 0 saturated heterocycles. The van der Waals surface area contributed by atoms with Crippen molar-refractivity contribution in [3.8, 4) is 11.5 Å². The number of carbonyl (C=O) groups excluding carboxylic acids is 2. The number of benzene rings is 2. The molecule has 1 heterocycles. The second-order valence-corrected chi connectivity index (χ2v) is 6.90. The van der Waals surface area contributed by atoms with Crippen molar-refractivity contribution < 1.29 is 23.9 Å². The highest BCUT2D eigenvalue weighted by molar-refractivity contribution is 5.99. The third-order valence-electron chi connectivity index (χ3n) is 4.46. The van der Waals surface area contributed by atoms with Crippen molar-refractivity contribution in [2.45, 2.75) is 26.8 Å². The molecule has 0 bridgehead atoms. The fourth-order valence-electron chi connectivity index (χ4n) is 2.93. The summed E-state index contributed by atoms with van der Waals surface area (Å²) in [5, 5.41) is 9.57. The van der Waals surface area contributed by atoms with Gasteiger partial charge >= 0.3 is 0 Å². The zero-order valence-corrected chi connectivity index (χ0v) is 17.2. The van der Waals surface area contributed by atoms with E-state index in [1.54, 1.807) is 19.1 Å². The quantitative estimate of drug-likeness (QED) is 0.539. The van der Waals surface area contributed by atoms with Gasteiger partial charge in [-0.3, -0.25) is 9.59 Å². The summed E-state index contributed by atoms with van der Waals surface area (Å²) >= 11 is 0. The Bertz CT molecular complexity index is 940. The van der Waals surface area contributed by atoms with Crippen LogP contribution in [0.15, 0.2) is 47.6 Å². The monoisotopic (exact) mass is 411 g/mol. The minimum atomic E-state index is -0.282. The number of carbonyl (C=O) groups is 2. The summed E-state index contributed by atoms with van der Waals surface area (Å²) in [5.74, 6) is 0.977. The molecule has 0 spiro atoms. The number of anilines is 1. The number of nitrogens with one attached hydrogen (secondary N) is 2. The van der Waals surface area contributed by atoms with Crippen molar-refractivity contribution in [2.75, 3.05) is 25.1 Å². The minimum Gasteiger partial charge on any atom is -0.486 e. The maximum absolute atomic E-state index is 12.2. The van der Waals surface area contributed by atoms with Gasteiger partial charge in [0.15, 0.2) is 18.1 Å². The average molecular weight is 411 g/mol. The van der Waals surface area contributed by atoms with E-state index in [2.05, 4.69) is 15.8 Å². The first-order valence-electron chi connectivity index (χ1n) is 9.66. The topological polar surface area (TPSA) is 98.2 Å². The van der Waals surface area contributed by atoms with E-state index in [0.29, 0.717) is 36.1 Å². The van der Waals surface area contributed by atoms with E-state index in [1.807, 2.05) is 37.3 Å². The summed E-state index contributed by atoms with van der Waals surface area (Å²) < 4.78 is 11.1. The van der Waals surface area contributed by atoms with E-state index in [0.717, 1.165) is 11.1 Å². The van der Waals surface area contributed by atoms with Gasteiger partial charge in [-0.1, -0.05) is 23.4 Å². The van der Waals surface area contributed by atoms with Crippen LogP contribution in [0.1, 0.15) is 37.9 Å². The van der Waals surface area contributed by atoms with Crippen molar-refractivity contribution in [3.05, 3.63) is 53.6 Å². The predicted octanol–water partition coefficient (Wildman–Crippen LogP) is 3.03. The number of fused-ring (bicyclic) bond motifs is 1. The lowest BCUT2D eigenvalue weighted by Gasteiger charge is -2.21. The minimum absolute atomic E-state index is 0.132. The maximum Gasteiger partial charge on any atom is 0.261 e. The summed E-state index contributed by atoms with van der Waals surface area (Å²) in [6.07, 6.45) is 0. The number of amides is 2. The molecule has 2 aromatic carbocycles. The second-order valence-electron chi connectivity index (χ2n) is 6.90. The van der Waals surface area contributed by atoms with E-state index in [4.69, 9.17) is 14.3 Å². The molecule has 0 aromatic heterocycles. The summed E-state index contributed by atoms with van der Waals surface area (Å²) in [4.78, 5) is 28.4. The third kappa shape index (κ3) is 5.73. The first-order valence-corrected chi connectivity index (χ1v) is 9.66. The molecular formula is C22H25N3O5. The number of nitrogens with zero attached hydrogens (tertiary/aromatic N) is 1. The number of oxime groups is 1. The fraction of sp³-hybridized carbons (Fsp3) is 0.318. The van der Waals surface area contributed by atoms with Crippen molar-refractivity contribution in [3.63, 3.8) is 0 Å². The lowest BCUT2D eigenvalue weighted by Crippen LogP contribution is -2.30. The van der Waals surface area contributed by atoms with Crippen LogP contribution in [0.25, 0.3) is 0 Å². The van der Waals surface area contributed by atoms with Crippen LogP contribution < -0.4 is 20.1 Å². The number of ether oxygens (including phenoxy) is 2. The summed E-state index contributed by atoms with van der Waals surface area (Å²) in [7, 11) is 0. The molecule has 3 rings (SSSR count). The van der Waals surface area contributed by atoms with Crippen LogP contribution in [-0.2, 0) is 14.4 Å². The largest absolute Gasteiger partial charge is 0.486 e. The normalized spacial score (nSPS) is 13.9. The van der Waals surface area contributed by atoms with Crippen LogP contribution in [0.2, 0.25) is 0 Å². The van der Waals surface area contributed by atoms with E-state index < -0.39 is 0 Å². The van der Waals surface area contributed by atoms with Gasteiger partial charge in [-0.05, 0) is 49.2 Å². The molecule has 30 heavy (non-hydrogen) atoms. The van der Waals surface area contributed by atoms with Gasteiger partial charge in [0.25, 0.3) is 5.91 Å². The first kappa shape index (κ1) is 21.2. The van der Waals surface area contributed by atoms with Crippen molar-refractivity contribution in [1.82, 2.24) is 5.32 Å². The fourth-order valence-corrected chi connectivity index (χ4v) is 2.93. The highest BCUT2D eigenvalue weighted by Crippen LogP contribution is 2.32. The molecule has 8 nitrogen and oxygen atoms in total. The highest BCUT2D eigenvalue weighted by Gasteiger charge is 2.16. The molecule has 2 aromatic rings. The molecule has 0 aliphatic carbocycles. The van der Waals surface area contributed by atoms with Gasteiger partial charge in [0.05, 0.1) is 11.8 Å². The average Bonchev–Trinajstić information content (AvgIpc) is 2.73. The molecule has 1 aliphatic rings. The van der Waals surface area contributed by atoms with Crippen molar-refractivity contribution in [2.24, 2.45) is 5.16 Å². The van der Waals surface area contributed by atoms with Gasteiger partial charge in [-0.15, -0.1) is 0 Å². The lowest BCUT2D eigenvalue weighted by atomic mass is 10.1. The predicted molar refractivity (Wildman–Crippen MR) is 113 cm³/mol. The zero-order valence-electron chi connectivity index (χ0n) is 17.2. The van der Waals surface area contributed by atoms with Gasteiger partial charge in [-0.2, -0.15) is 0 Å².